The Balaban J connectivity index is 2.14. The molecule has 1 fully saturated rings. The third-order valence-electron chi connectivity index (χ3n) is 5.10. The molecular weight excluding hydrogens is 314 g/mol. The molecule has 1 N–H and O–H groups in total. The lowest BCUT2D eigenvalue weighted by Crippen LogP contribution is -2.47. The maximum Gasteiger partial charge on any atom is 0.241 e. The number of hydrogen-bond acceptors (Lipinski definition) is 4. The van der Waals surface area contributed by atoms with Gasteiger partial charge in [0.25, 0.3) is 0 Å². The molecule has 1 aromatic rings. The number of aliphatic hydroxyl groups excluding tert-OH is 1. The van der Waals surface area contributed by atoms with E-state index >= 15 is 0 Å². The van der Waals surface area contributed by atoms with Gasteiger partial charge in [-0.25, -0.2) is 0 Å². The summed E-state index contributed by atoms with van der Waals surface area (Å²) in [5.74, 6) is 0.0309. The highest BCUT2D eigenvalue weighted by molar-refractivity contribution is 5.95. The molecular formula is C20H29N3O2. The smallest absolute Gasteiger partial charge is 0.241 e. The third kappa shape index (κ3) is 5.29. The molecule has 1 unspecified atom stereocenters. The molecule has 1 aliphatic rings. The minimum Gasteiger partial charge on any atom is -0.396 e. The second-order valence-electron chi connectivity index (χ2n) is 6.85. The Hall–Kier alpha value is -1.90. The molecule has 1 amide bonds. The van der Waals surface area contributed by atoms with Gasteiger partial charge >= 0.3 is 0 Å². The molecule has 0 bridgehead atoms. The number of carbonyl (C=O) groups is 1. The SMILES string of the molecule is Cc1ccc(N(CCC#N)C(=O)CN2CCCCC2CCO)cc1C. The summed E-state index contributed by atoms with van der Waals surface area (Å²) in [5.41, 5.74) is 3.19. The van der Waals surface area contributed by atoms with Crippen LogP contribution in [0.3, 0.4) is 0 Å². The van der Waals surface area contributed by atoms with Crippen LogP contribution < -0.4 is 4.90 Å². The molecule has 2 rings (SSSR count). The van der Waals surface area contributed by atoms with Crippen molar-refractivity contribution >= 4 is 11.6 Å². The van der Waals surface area contributed by atoms with Crippen LogP contribution in [0.15, 0.2) is 18.2 Å². The van der Waals surface area contributed by atoms with Gasteiger partial charge in [-0.15, -0.1) is 0 Å². The molecule has 1 heterocycles. The molecule has 0 saturated carbocycles. The van der Waals surface area contributed by atoms with Crippen LogP contribution in [0.25, 0.3) is 0 Å². The van der Waals surface area contributed by atoms with Crippen molar-refractivity contribution in [3.05, 3.63) is 29.3 Å². The lowest BCUT2D eigenvalue weighted by Gasteiger charge is -2.36. The maximum absolute atomic E-state index is 13.0. The molecule has 0 spiro atoms. The van der Waals surface area contributed by atoms with Crippen molar-refractivity contribution in [2.75, 3.05) is 31.1 Å². The highest BCUT2D eigenvalue weighted by atomic mass is 16.3. The molecule has 0 aliphatic carbocycles. The number of aryl methyl sites for hydroxylation is 2. The van der Waals surface area contributed by atoms with E-state index in [9.17, 15) is 9.90 Å². The standard InChI is InChI=1S/C20H29N3O2/c1-16-7-8-19(14-17(16)2)23(12-5-10-21)20(25)15-22-11-4-3-6-18(22)9-13-24/h7-8,14,18,24H,3-6,9,11-13,15H2,1-2H3. The lowest BCUT2D eigenvalue weighted by atomic mass is 9.99. The summed E-state index contributed by atoms with van der Waals surface area (Å²) in [6.45, 7) is 5.90. The van der Waals surface area contributed by atoms with Gasteiger partial charge in [-0.1, -0.05) is 12.5 Å². The van der Waals surface area contributed by atoms with Crippen molar-refractivity contribution in [1.29, 1.82) is 5.26 Å². The number of amides is 1. The van der Waals surface area contributed by atoms with Gasteiger partial charge in [-0.05, 0) is 62.9 Å². The number of piperidine rings is 1. The van der Waals surface area contributed by atoms with Gasteiger partial charge in [0.05, 0.1) is 19.0 Å². The van der Waals surface area contributed by atoms with E-state index in [1.165, 1.54) is 5.56 Å². The van der Waals surface area contributed by atoms with Gasteiger partial charge in [0, 0.05) is 24.9 Å². The van der Waals surface area contributed by atoms with Crippen LogP contribution in [0.5, 0.6) is 0 Å². The summed E-state index contributed by atoms with van der Waals surface area (Å²) in [6.07, 6.45) is 4.32. The molecule has 1 saturated heterocycles. The molecule has 0 radical (unpaired) electrons. The van der Waals surface area contributed by atoms with Crippen LogP contribution in [0.2, 0.25) is 0 Å². The third-order valence-corrected chi connectivity index (χ3v) is 5.10. The topological polar surface area (TPSA) is 67.6 Å². The summed E-state index contributed by atoms with van der Waals surface area (Å²) in [6, 6.07) is 8.42. The highest BCUT2D eigenvalue weighted by Gasteiger charge is 2.26. The first kappa shape index (κ1) is 19.4. The molecule has 1 atom stereocenters. The van der Waals surface area contributed by atoms with Crippen molar-refractivity contribution in [2.24, 2.45) is 0 Å². The van der Waals surface area contributed by atoms with Crippen molar-refractivity contribution in [1.82, 2.24) is 4.90 Å². The first-order valence-corrected chi connectivity index (χ1v) is 9.16. The van der Waals surface area contributed by atoms with Gasteiger partial charge in [0.1, 0.15) is 0 Å². The number of carbonyl (C=O) groups excluding carboxylic acids is 1. The normalized spacial score (nSPS) is 17.9. The quantitative estimate of drug-likeness (QED) is 0.827. The number of rotatable bonds is 7. The number of nitriles is 1. The number of aliphatic hydroxyl groups is 1. The predicted octanol–water partition coefficient (Wildman–Crippen LogP) is 2.79. The van der Waals surface area contributed by atoms with E-state index in [4.69, 9.17) is 5.26 Å². The maximum atomic E-state index is 13.0. The number of anilines is 1. The summed E-state index contributed by atoms with van der Waals surface area (Å²) in [4.78, 5) is 16.9. The largest absolute Gasteiger partial charge is 0.396 e. The first-order chi connectivity index (χ1) is 12.1. The fourth-order valence-corrected chi connectivity index (χ4v) is 3.46. The van der Waals surface area contributed by atoms with Crippen LogP contribution >= 0.6 is 0 Å². The number of likely N-dealkylation sites (tertiary alicyclic amines) is 1. The monoisotopic (exact) mass is 343 g/mol. The van der Waals surface area contributed by atoms with Crippen LogP contribution in [0, 0.1) is 25.2 Å². The molecule has 25 heavy (non-hydrogen) atoms. The molecule has 1 aliphatic heterocycles. The summed E-state index contributed by atoms with van der Waals surface area (Å²) >= 11 is 0. The van der Waals surface area contributed by atoms with E-state index in [-0.39, 0.29) is 18.6 Å². The van der Waals surface area contributed by atoms with E-state index in [0.29, 0.717) is 19.5 Å². The zero-order chi connectivity index (χ0) is 18.2. The predicted molar refractivity (Wildman–Crippen MR) is 99.4 cm³/mol. The summed E-state index contributed by atoms with van der Waals surface area (Å²) < 4.78 is 0. The molecule has 1 aromatic carbocycles. The number of benzene rings is 1. The van der Waals surface area contributed by atoms with E-state index in [1.807, 2.05) is 32.0 Å². The average molecular weight is 343 g/mol. The summed E-state index contributed by atoms with van der Waals surface area (Å²) in [5, 5.41) is 18.2. The zero-order valence-electron chi connectivity index (χ0n) is 15.4. The van der Waals surface area contributed by atoms with E-state index in [2.05, 4.69) is 11.0 Å². The van der Waals surface area contributed by atoms with Crippen molar-refractivity contribution < 1.29 is 9.90 Å². The Bertz CT molecular complexity index is 622. The van der Waals surface area contributed by atoms with Gasteiger partial charge in [-0.3, -0.25) is 9.69 Å². The molecule has 5 heteroatoms. The molecule has 136 valence electrons. The molecule has 5 nitrogen and oxygen atoms in total. The Morgan fingerprint density at radius 3 is 2.84 bits per heavy atom. The van der Waals surface area contributed by atoms with Crippen LogP contribution in [-0.4, -0.2) is 48.2 Å². The number of nitrogens with zero attached hydrogens (tertiary/aromatic N) is 3. The van der Waals surface area contributed by atoms with Gasteiger partial charge in [0.15, 0.2) is 0 Å². The number of hydrogen-bond donors (Lipinski definition) is 1. The van der Waals surface area contributed by atoms with E-state index in [0.717, 1.165) is 43.5 Å². The lowest BCUT2D eigenvalue weighted by molar-refractivity contribution is -0.120. The van der Waals surface area contributed by atoms with Gasteiger partial charge in [0.2, 0.25) is 5.91 Å². The Morgan fingerprint density at radius 1 is 1.36 bits per heavy atom. The zero-order valence-corrected chi connectivity index (χ0v) is 15.4. The van der Waals surface area contributed by atoms with Crippen LogP contribution in [-0.2, 0) is 4.79 Å². The molecule has 0 aromatic heterocycles. The highest BCUT2D eigenvalue weighted by Crippen LogP contribution is 2.22. The van der Waals surface area contributed by atoms with E-state index < -0.39 is 0 Å². The first-order valence-electron chi connectivity index (χ1n) is 9.16. The van der Waals surface area contributed by atoms with Crippen molar-refractivity contribution in [3.63, 3.8) is 0 Å². The summed E-state index contributed by atoms with van der Waals surface area (Å²) in [7, 11) is 0. The Labute approximate surface area is 150 Å². The van der Waals surface area contributed by atoms with Crippen LogP contribution in [0.4, 0.5) is 5.69 Å². The van der Waals surface area contributed by atoms with Crippen molar-refractivity contribution in [2.45, 2.75) is 52.0 Å². The second-order valence-corrected chi connectivity index (χ2v) is 6.85. The minimum absolute atomic E-state index is 0.0309. The fraction of sp³-hybridized carbons (Fsp3) is 0.600. The van der Waals surface area contributed by atoms with Gasteiger partial charge in [-0.2, -0.15) is 5.26 Å². The Morgan fingerprint density at radius 2 is 2.16 bits per heavy atom. The fourth-order valence-electron chi connectivity index (χ4n) is 3.46. The van der Waals surface area contributed by atoms with E-state index in [1.54, 1.807) is 4.90 Å². The van der Waals surface area contributed by atoms with Crippen molar-refractivity contribution in [3.8, 4) is 6.07 Å². The Kier molecular flexibility index (Phi) is 7.42. The van der Waals surface area contributed by atoms with Crippen LogP contribution in [0.1, 0.15) is 43.2 Å². The minimum atomic E-state index is 0.0309. The average Bonchev–Trinajstić information content (AvgIpc) is 2.60. The second kappa shape index (κ2) is 9.55. The van der Waals surface area contributed by atoms with Gasteiger partial charge < -0.3 is 10.0 Å².